The number of hydrogen-bond acceptors (Lipinski definition) is 3. The molecule has 0 radical (unpaired) electrons. The van der Waals surface area contributed by atoms with Gasteiger partial charge in [-0.2, -0.15) is 0 Å². The summed E-state index contributed by atoms with van der Waals surface area (Å²) in [6.07, 6.45) is 6.11. The number of nitrogens with two attached hydrogens (primary N) is 1. The summed E-state index contributed by atoms with van der Waals surface area (Å²) in [5, 5.41) is 2.17. The summed E-state index contributed by atoms with van der Waals surface area (Å²) >= 11 is 1.87. The van der Waals surface area contributed by atoms with Gasteiger partial charge in [-0.25, -0.2) is 0 Å². The summed E-state index contributed by atoms with van der Waals surface area (Å²) in [5.74, 6) is 0. The molecule has 1 aliphatic rings. The molecule has 96 valence electrons. The lowest BCUT2D eigenvalue weighted by atomic mass is 9.90. The van der Waals surface area contributed by atoms with Gasteiger partial charge in [0, 0.05) is 23.0 Å². The fourth-order valence-electron chi connectivity index (χ4n) is 2.73. The Morgan fingerprint density at radius 1 is 1.41 bits per heavy atom. The number of nitrogens with zero attached hydrogens (tertiary/aromatic N) is 1. The molecule has 0 aliphatic heterocycles. The largest absolute Gasteiger partial charge is 0.328 e. The second kappa shape index (κ2) is 5.98. The molecule has 2 N–H and O–H groups in total. The monoisotopic (exact) mass is 252 g/mol. The van der Waals surface area contributed by atoms with Gasteiger partial charge in [-0.05, 0) is 57.5 Å². The lowest BCUT2D eigenvalue weighted by Gasteiger charge is -2.37. The van der Waals surface area contributed by atoms with Crippen LogP contribution in [-0.4, -0.2) is 30.1 Å². The lowest BCUT2D eigenvalue weighted by molar-refractivity contribution is 0.140. The lowest BCUT2D eigenvalue weighted by Crippen LogP contribution is -2.43. The molecule has 1 fully saturated rings. The van der Waals surface area contributed by atoms with Crippen LogP contribution in [-0.2, 0) is 6.42 Å². The highest BCUT2D eigenvalue weighted by Gasteiger charge is 2.24. The van der Waals surface area contributed by atoms with Crippen LogP contribution in [0.5, 0.6) is 0 Å². The smallest absolute Gasteiger partial charge is 0.0115 e. The van der Waals surface area contributed by atoms with Crippen molar-refractivity contribution in [1.82, 2.24) is 4.90 Å². The molecule has 2 rings (SSSR count). The van der Waals surface area contributed by atoms with Gasteiger partial charge in [0.1, 0.15) is 0 Å². The van der Waals surface area contributed by atoms with Gasteiger partial charge in [-0.15, -0.1) is 11.3 Å². The Kier molecular flexibility index (Phi) is 4.60. The van der Waals surface area contributed by atoms with E-state index in [9.17, 15) is 0 Å². The Morgan fingerprint density at radius 2 is 2.12 bits per heavy atom. The molecule has 17 heavy (non-hydrogen) atoms. The van der Waals surface area contributed by atoms with Crippen molar-refractivity contribution in [2.45, 2.75) is 57.2 Å². The predicted octanol–water partition coefficient (Wildman–Crippen LogP) is 2.88. The molecule has 0 saturated heterocycles. The van der Waals surface area contributed by atoms with Gasteiger partial charge in [0.15, 0.2) is 0 Å². The van der Waals surface area contributed by atoms with Gasteiger partial charge in [0.05, 0.1) is 0 Å². The summed E-state index contributed by atoms with van der Waals surface area (Å²) in [7, 11) is 2.28. The zero-order valence-electron chi connectivity index (χ0n) is 10.9. The first-order valence-electron chi connectivity index (χ1n) is 6.66. The van der Waals surface area contributed by atoms with Crippen LogP contribution in [0.25, 0.3) is 0 Å². The number of hydrogen-bond donors (Lipinski definition) is 1. The normalized spacial score (nSPS) is 27.3. The molecule has 1 aliphatic carbocycles. The quantitative estimate of drug-likeness (QED) is 0.893. The molecule has 1 aromatic heterocycles. The van der Waals surface area contributed by atoms with E-state index in [1.54, 1.807) is 0 Å². The summed E-state index contributed by atoms with van der Waals surface area (Å²) in [4.78, 5) is 4.06. The summed E-state index contributed by atoms with van der Waals surface area (Å²) in [5.41, 5.74) is 5.97. The van der Waals surface area contributed by atoms with Crippen LogP contribution in [0.1, 0.15) is 37.5 Å². The minimum atomic E-state index is 0.451. The second-order valence-electron chi connectivity index (χ2n) is 5.37. The third-order valence-corrected chi connectivity index (χ3v) is 4.99. The van der Waals surface area contributed by atoms with Crippen molar-refractivity contribution in [3.05, 3.63) is 22.4 Å². The summed E-state index contributed by atoms with van der Waals surface area (Å²) in [6, 6.07) is 6.21. The van der Waals surface area contributed by atoms with Crippen LogP contribution >= 0.6 is 11.3 Å². The molecular formula is C14H24N2S. The number of rotatable bonds is 4. The van der Waals surface area contributed by atoms with Crippen molar-refractivity contribution in [2.75, 3.05) is 7.05 Å². The van der Waals surface area contributed by atoms with Crippen LogP contribution in [0.15, 0.2) is 17.5 Å². The van der Waals surface area contributed by atoms with Crippen molar-refractivity contribution < 1.29 is 0 Å². The van der Waals surface area contributed by atoms with E-state index >= 15 is 0 Å². The molecule has 3 heteroatoms. The van der Waals surface area contributed by atoms with Crippen molar-refractivity contribution >= 4 is 11.3 Å². The van der Waals surface area contributed by atoms with Crippen molar-refractivity contribution in [3.63, 3.8) is 0 Å². The number of likely N-dealkylation sites (N-methyl/N-ethyl adjacent to an activating group) is 1. The Hall–Kier alpha value is -0.380. The highest BCUT2D eigenvalue weighted by atomic mass is 32.1. The van der Waals surface area contributed by atoms with Crippen molar-refractivity contribution in [2.24, 2.45) is 5.73 Å². The van der Waals surface area contributed by atoms with Crippen molar-refractivity contribution in [3.8, 4) is 0 Å². The van der Waals surface area contributed by atoms with Crippen LogP contribution < -0.4 is 5.73 Å². The molecule has 0 aromatic carbocycles. The third-order valence-electron chi connectivity index (χ3n) is 4.09. The fourth-order valence-corrected chi connectivity index (χ4v) is 3.56. The first kappa shape index (κ1) is 13.1. The first-order valence-corrected chi connectivity index (χ1v) is 7.54. The number of thiophene rings is 1. The molecular weight excluding hydrogens is 228 g/mol. The van der Waals surface area contributed by atoms with Crippen LogP contribution in [0.2, 0.25) is 0 Å². The molecule has 1 heterocycles. The maximum Gasteiger partial charge on any atom is 0.0115 e. The molecule has 1 atom stereocenters. The highest BCUT2D eigenvalue weighted by Crippen LogP contribution is 2.24. The molecule has 1 unspecified atom stereocenters. The average Bonchev–Trinajstić information content (AvgIpc) is 2.82. The van der Waals surface area contributed by atoms with Crippen LogP contribution in [0.3, 0.4) is 0 Å². The van der Waals surface area contributed by atoms with E-state index in [2.05, 4.69) is 36.4 Å². The maximum atomic E-state index is 5.97. The van der Waals surface area contributed by atoms with Gasteiger partial charge in [-0.3, -0.25) is 0 Å². The van der Waals surface area contributed by atoms with Crippen LogP contribution in [0.4, 0.5) is 0 Å². The summed E-state index contributed by atoms with van der Waals surface area (Å²) < 4.78 is 0. The third kappa shape index (κ3) is 3.54. The van der Waals surface area contributed by atoms with Crippen LogP contribution in [0, 0.1) is 0 Å². The van der Waals surface area contributed by atoms with E-state index in [4.69, 9.17) is 5.73 Å². The SMILES string of the molecule is CC(Cc1cccs1)N(C)C1CCC(N)CC1. The molecule has 2 nitrogen and oxygen atoms in total. The topological polar surface area (TPSA) is 29.3 Å². The Labute approximate surface area is 109 Å². The Balaban J connectivity index is 1.84. The first-order chi connectivity index (χ1) is 8.16. The van der Waals surface area contributed by atoms with E-state index in [0.29, 0.717) is 12.1 Å². The maximum absolute atomic E-state index is 5.97. The standard InChI is InChI=1S/C14H24N2S/c1-11(10-14-4-3-9-17-14)16(2)13-7-5-12(15)6-8-13/h3-4,9,11-13H,5-8,10,15H2,1-2H3. The van der Waals surface area contributed by atoms with E-state index in [-0.39, 0.29) is 0 Å². The van der Waals surface area contributed by atoms with E-state index in [1.807, 2.05) is 11.3 Å². The Bertz CT molecular complexity index is 315. The van der Waals surface area contributed by atoms with Gasteiger partial charge in [0.2, 0.25) is 0 Å². The molecule has 0 amide bonds. The van der Waals surface area contributed by atoms with Gasteiger partial charge < -0.3 is 10.6 Å². The minimum Gasteiger partial charge on any atom is -0.328 e. The zero-order chi connectivity index (χ0) is 12.3. The van der Waals surface area contributed by atoms with Crippen molar-refractivity contribution in [1.29, 1.82) is 0 Å². The second-order valence-corrected chi connectivity index (χ2v) is 6.40. The average molecular weight is 252 g/mol. The van der Waals surface area contributed by atoms with Gasteiger partial charge in [0.25, 0.3) is 0 Å². The zero-order valence-corrected chi connectivity index (χ0v) is 11.7. The van der Waals surface area contributed by atoms with E-state index < -0.39 is 0 Å². The molecule has 0 spiro atoms. The fraction of sp³-hybridized carbons (Fsp3) is 0.714. The summed E-state index contributed by atoms with van der Waals surface area (Å²) in [6.45, 7) is 2.34. The van der Waals surface area contributed by atoms with E-state index in [1.165, 1.54) is 37.0 Å². The van der Waals surface area contributed by atoms with Gasteiger partial charge in [-0.1, -0.05) is 6.07 Å². The molecule has 1 aromatic rings. The molecule has 1 saturated carbocycles. The van der Waals surface area contributed by atoms with Gasteiger partial charge >= 0.3 is 0 Å². The predicted molar refractivity (Wildman–Crippen MR) is 75.5 cm³/mol. The molecule has 0 bridgehead atoms. The minimum absolute atomic E-state index is 0.451. The Morgan fingerprint density at radius 3 is 2.71 bits per heavy atom. The van der Waals surface area contributed by atoms with E-state index in [0.717, 1.165) is 6.04 Å². The highest BCUT2D eigenvalue weighted by molar-refractivity contribution is 7.09.